The molecule has 0 bridgehead atoms. The third-order valence-corrected chi connectivity index (χ3v) is 2.40. The maximum atomic E-state index is 10.4. The Balaban J connectivity index is 2.38. The summed E-state index contributed by atoms with van der Waals surface area (Å²) in [6, 6.07) is 5.78. The summed E-state index contributed by atoms with van der Waals surface area (Å²) < 4.78 is 0. The molecule has 0 saturated carbocycles. The van der Waals surface area contributed by atoms with Crippen LogP contribution in [-0.2, 0) is 4.79 Å². The van der Waals surface area contributed by atoms with Crippen LogP contribution >= 0.6 is 0 Å². The molecule has 0 radical (unpaired) electrons. The fraction of sp³-hybridized carbons (Fsp3) is 0.0833. The number of nitrogens with one attached hydrogen (secondary N) is 3. The number of rotatable bonds is 3. The van der Waals surface area contributed by atoms with Gasteiger partial charge in [-0.3, -0.25) is 4.79 Å². The smallest absolute Gasteiger partial charge is 0.211 e. The Morgan fingerprint density at radius 1 is 1.38 bits per heavy atom. The van der Waals surface area contributed by atoms with Crippen molar-refractivity contribution < 1.29 is 4.79 Å². The van der Waals surface area contributed by atoms with E-state index in [1.807, 2.05) is 43.5 Å². The minimum atomic E-state index is 0.676. The molecule has 2 rings (SSSR count). The van der Waals surface area contributed by atoms with Crippen LogP contribution in [0.4, 0.5) is 5.69 Å². The number of hydrazine groups is 1. The van der Waals surface area contributed by atoms with Gasteiger partial charge in [0.1, 0.15) is 0 Å². The Hall–Kier alpha value is -2.23. The van der Waals surface area contributed by atoms with E-state index in [0.717, 1.165) is 22.5 Å². The van der Waals surface area contributed by atoms with E-state index in [1.165, 1.54) is 0 Å². The van der Waals surface area contributed by atoms with Gasteiger partial charge in [0.05, 0.1) is 5.70 Å². The van der Waals surface area contributed by atoms with Crippen LogP contribution in [0.2, 0.25) is 0 Å². The van der Waals surface area contributed by atoms with Crippen molar-refractivity contribution in [2.45, 2.75) is 6.92 Å². The van der Waals surface area contributed by atoms with E-state index < -0.39 is 0 Å². The largest absolute Gasteiger partial charge is 0.329 e. The number of carbonyl (C=O) groups excluding carboxylic acids is 1. The topological polar surface area (TPSA) is 53.2 Å². The second-order valence-corrected chi connectivity index (χ2v) is 3.50. The Kier molecular flexibility index (Phi) is 2.91. The van der Waals surface area contributed by atoms with E-state index in [-0.39, 0.29) is 0 Å². The third kappa shape index (κ3) is 2.06. The molecule has 4 nitrogen and oxygen atoms in total. The molecule has 0 aliphatic carbocycles. The van der Waals surface area contributed by atoms with Gasteiger partial charge >= 0.3 is 0 Å². The number of benzene rings is 1. The average Bonchev–Trinajstić information content (AvgIpc) is 2.33. The van der Waals surface area contributed by atoms with Crippen LogP contribution in [-0.4, -0.2) is 6.41 Å². The highest BCUT2D eigenvalue weighted by atomic mass is 16.1. The van der Waals surface area contributed by atoms with Gasteiger partial charge in [-0.25, -0.2) is 0 Å². The molecule has 16 heavy (non-hydrogen) atoms. The van der Waals surface area contributed by atoms with E-state index >= 15 is 0 Å². The van der Waals surface area contributed by atoms with Crippen LogP contribution in [0.5, 0.6) is 0 Å². The minimum absolute atomic E-state index is 0.676. The van der Waals surface area contributed by atoms with E-state index in [9.17, 15) is 4.79 Å². The lowest BCUT2D eigenvalue weighted by Gasteiger charge is -2.16. The van der Waals surface area contributed by atoms with Crippen LogP contribution in [0.1, 0.15) is 11.1 Å². The average molecular weight is 215 g/mol. The fourth-order valence-corrected chi connectivity index (χ4v) is 1.58. The van der Waals surface area contributed by atoms with Gasteiger partial charge in [-0.05, 0) is 36.8 Å². The molecule has 1 aromatic carbocycles. The highest BCUT2D eigenvalue weighted by molar-refractivity contribution is 5.76. The lowest BCUT2D eigenvalue weighted by atomic mass is 10.0. The summed E-state index contributed by atoms with van der Waals surface area (Å²) in [4.78, 5) is 10.4. The Labute approximate surface area is 94.0 Å². The molecule has 1 heterocycles. The quantitative estimate of drug-likeness (QED) is 0.670. The molecule has 0 unspecified atom stereocenters. The van der Waals surface area contributed by atoms with Gasteiger partial charge in [-0.2, -0.15) is 0 Å². The monoisotopic (exact) mass is 215 g/mol. The first kappa shape index (κ1) is 10.3. The lowest BCUT2D eigenvalue weighted by molar-refractivity contribution is -0.105. The van der Waals surface area contributed by atoms with Crippen molar-refractivity contribution in [3.8, 4) is 0 Å². The highest BCUT2D eigenvalue weighted by Gasteiger charge is 2.06. The molecule has 1 amide bonds. The van der Waals surface area contributed by atoms with Crippen molar-refractivity contribution in [3.05, 3.63) is 47.7 Å². The number of aryl methyl sites for hydroxylation is 1. The number of anilines is 1. The van der Waals surface area contributed by atoms with E-state index in [1.54, 1.807) is 0 Å². The van der Waals surface area contributed by atoms with Gasteiger partial charge in [0.25, 0.3) is 0 Å². The number of hydrogen-bond acceptors (Lipinski definition) is 3. The van der Waals surface area contributed by atoms with Crippen molar-refractivity contribution in [2.24, 2.45) is 0 Å². The van der Waals surface area contributed by atoms with Crippen molar-refractivity contribution in [3.63, 3.8) is 0 Å². The molecular formula is C12H13N3O. The second kappa shape index (κ2) is 4.53. The van der Waals surface area contributed by atoms with Gasteiger partial charge in [0, 0.05) is 17.5 Å². The maximum absolute atomic E-state index is 10.4. The summed E-state index contributed by atoms with van der Waals surface area (Å²) in [6.07, 6.45) is 6.39. The molecular weight excluding hydrogens is 202 g/mol. The third-order valence-electron chi connectivity index (χ3n) is 2.40. The molecule has 4 heteroatoms. The standard InChI is InChI=1S/C12H13N3O/c1-9-4-5-10(13-8-16)7-11(9)12-3-2-6-14-15-12/h2-8,14-15H,1H3,(H,13,16). The predicted molar refractivity (Wildman–Crippen MR) is 64.3 cm³/mol. The summed E-state index contributed by atoms with van der Waals surface area (Å²) in [5.74, 6) is 0. The second-order valence-electron chi connectivity index (χ2n) is 3.50. The van der Waals surface area contributed by atoms with E-state index in [0.29, 0.717) is 6.41 Å². The van der Waals surface area contributed by atoms with Gasteiger partial charge in [-0.15, -0.1) is 0 Å². The minimum Gasteiger partial charge on any atom is -0.329 e. The summed E-state index contributed by atoms with van der Waals surface area (Å²) >= 11 is 0. The number of amides is 1. The highest BCUT2D eigenvalue weighted by Crippen LogP contribution is 2.21. The predicted octanol–water partition coefficient (Wildman–Crippen LogP) is 1.53. The summed E-state index contributed by atoms with van der Waals surface area (Å²) in [5, 5.41) is 2.64. The first-order valence-electron chi connectivity index (χ1n) is 5.01. The van der Waals surface area contributed by atoms with Crippen molar-refractivity contribution >= 4 is 17.8 Å². The Morgan fingerprint density at radius 2 is 2.25 bits per heavy atom. The molecule has 0 fully saturated rings. The van der Waals surface area contributed by atoms with Gasteiger partial charge in [-0.1, -0.05) is 6.07 Å². The van der Waals surface area contributed by atoms with E-state index in [2.05, 4.69) is 16.2 Å². The first-order chi connectivity index (χ1) is 7.81. The lowest BCUT2D eigenvalue weighted by Crippen LogP contribution is -2.27. The summed E-state index contributed by atoms with van der Waals surface area (Å²) in [7, 11) is 0. The molecule has 1 aromatic rings. The van der Waals surface area contributed by atoms with Crippen LogP contribution < -0.4 is 16.2 Å². The first-order valence-corrected chi connectivity index (χ1v) is 5.01. The molecule has 1 aliphatic rings. The zero-order valence-corrected chi connectivity index (χ0v) is 8.95. The molecule has 3 N–H and O–H groups in total. The SMILES string of the molecule is Cc1ccc(NC=O)cc1C1=CC=CNN1. The zero-order chi connectivity index (χ0) is 11.4. The molecule has 0 spiro atoms. The molecule has 0 saturated heterocycles. The van der Waals surface area contributed by atoms with Crippen LogP contribution in [0.25, 0.3) is 5.70 Å². The van der Waals surface area contributed by atoms with Crippen molar-refractivity contribution in [2.75, 3.05) is 5.32 Å². The van der Waals surface area contributed by atoms with Gasteiger partial charge in [0.2, 0.25) is 6.41 Å². The number of allylic oxidation sites excluding steroid dienone is 2. The molecule has 0 atom stereocenters. The normalized spacial score (nSPS) is 13.4. The fourth-order valence-electron chi connectivity index (χ4n) is 1.58. The van der Waals surface area contributed by atoms with Crippen LogP contribution in [0, 0.1) is 6.92 Å². The van der Waals surface area contributed by atoms with Gasteiger partial charge in [0.15, 0.2) is 0 Å². The van der Waals surface area contributed by atoms with E-state index in [4.69, 9.17) is 0 Å². The van der Waals surface area contributed by atoms with Crippen molar-refractivity contribution in [1.29, 1.82) is 0 Å². The van der Waals surface area contributed by atoms with Crippen LogP contribution in [0.15, 0.2) is 36.6 Å². The number of carbonyl (C=O) groups is 1. The Bertz CT molecular complexity index is 463. The van der Waals surface area contributed by atoms with Crippen molar-refractivity contribution in [1.82, 2.24) is 10.9 Å². The molecule has 1 aliphatic heterocycles. The maximum Gasteiger partial charge on any atom is 0.211 e. The summed E-state index contributed by atoms with van der Waals surface area (Å²) in [5.41, 5.74) is 9.95. The van der Waals surface area contributed by atoms with Crippen LogP contribution in [0.3, 0.4) is 0 Å². The Morgan fingerprint density at radius 3 is 2.94 bits per heavy atom. The molecule has 82 valence electrons. The zero-order valence-electron chi connectivity index (χ0n) is 8.95. The molecule has 0 aromatic heterocycles. The van der Waals surface area contributed by atoms with Gasteiger partial charge < -0.3 is 16.2 Å². The summed E-state index contributed by atoms with van der Waals surface area (Å²) in [6.45, 7) is 2.03. The number of hydrogen-bond donors (Lipinski definition) is 3.